The van der Waals surface area contributed by atoms with E-state index in [0.717, 1.165) is 16.5 Å². The number of H-pyrrole nitrogens is 1. The van der Waals surface area contributed by atoms with Gasteiger partial charge in [-0.1, -0.05) is 11.8 Å². The molecular weight excluding hydrogens is 174 g/mol. The van der Waals surface area contributed by atoms with Crippen LogP contribution in [0.1, 0.15) is 12.8 Å². The van der Waals surface area contributed by atoms with E-state index >= 15 is 0 Å². The largest absolute Gasteiger partial charge is 0.295 e. The molecule has 0 saturated heterocycles. The van der Waals surface area contributed by atoms with Gasteiger partial charge < -0.3 is 0 Å². The Hall–Kier alpha value is -1.10. The van der Waals surface area contributed by atoms with Gasteiger partial charge in [-0.25, -0.2) is 4.98 Å². The highest BCUT2D eigenvalue weighted by Gasteiger charge is 2.13. The summed E-state index contributed by atoms with van der Waals surface area (Å²) in [5.41, 5.74) is 0. The number of carbonyl (C=O) groups is 1. The van der Waals surface area contributed by atoms with Crippen molar-refractivity contribution >= 4 is 17.5 Å². The summed E-state index contributed by atoms with van der Waals surface area (Å²) in [6.07, 6.45) is 4.60. The highest BCUT2D eigenvalue weighted by Crippen LogP contribution is 2.30. The second-order valence-electron chi connectivity index (χ2n) is 2.47. The maximum atomic E-state index is 10.8. The number of aromatic amines is 1. The van der Waals surface area contributed by atoms with Crippen LogP contribution in [0, 0.1) is 0 Å². The molecule has 0 unspecified atom stereocenters. The molecule has 0 aliphatic heterocycles. The van der Waals surface area contributed by atoms with Gasteiger partial charge in [0.2, 0.25) is 0 Å². The Morgan fingerprint density at radius 2 is 2.42 bits per heavy atom. The Bertz CT molecular complexity index is 317. The first-order chi connectivity index (χ1) is 5.84. The summed E-state index contributed by atoms with van der Waals surface area (Å²) >= 11 is 1.47. The predicted octanol–water partition coefficient (Wildman–Crippen LogP) is 1.14. The summed E-state index contributed by atoms with van der Waals surface area (Å²) in [6.45, 7) is 0. The van der Waals surface area contributed by atoms with Gasteiger partial charge in [0, 0.05) is 6.42 Å². The highest BCUT2D eigenvalue weighted by molar-refractivity contribution is 8.03. The zero-order valence-electron chi connectivity index (χ0n) is 6.28. The molecule has 0 amide bonds. The fourth-order valence-electron chi connectivity index (χ4n) is 1.02. The first-order valence-corrected chi connectivity index (χ1v) is 4.43. The number of hydrogen-bond donors (Lipinski definition) is 1. The molecule has 1 aliphatic carbocycles. The first kappa shape index (κ1) is 7.54. The highest BCUT2D eigenvalue weighted by atomic mass is 32.2. The van der Waals surface area contributed by atoms with Gasteiger partial charge in [0.15, 0.2) is 10.9 Å². The second-order valence-corrected chi connectivity index (χ2v) is 3.58. The van der Waals surface area contributed by atoms with Crippen LogP contribution in [0.4, 0.5) is 0 Å². The van der Waals surface area contributed by atoms with Crippen molar-refractivity contribution < 1.29 is 4.79 Å². The second kappa shape index (κ2) is 3.10. The maximum absolute atomic E-state index is 10.8. The average molecular weight is 181 g/mol. The van der Waals surface area contributed by atoms with Crippen molar-refractivity contribution in [1.29, 1.82) is 0 Å². The molecule has 1 N–H and O–H groups in total. The summed E-state index contributed by atoms with van der Waals surface area (Å²) in [7, 11) is 0. The van der Waals surface area contributed by atoms with Crippen LogP contribution in [0.2, 0.25) is 0 Å². The minimum absolute atomic E-state index is 0.206. The lowest BCUT2D eigenvalue weighted by Crippen LogP contribution is -1.80. The van der Waals surface area contributed by atoms with E-state index in [1.807, 2.05) is 0 Å². The van der Waals surface area contributed by atoms with E-state index < -0.39 is 0 Å². The van der Waals surface area contributed by atoms with E-state index in [1.165, 1.54) is 18.1 Å². The number of nitrogens with one attached hydrogen (secondary N) is 1. The lowest BCUT2D eigenvalue weighted by molar-refractivity contribution is -0.114. The third-order valence-electron chi connectivity index (χ3n) is 1.56. The van der Waals surface area contributed by atoms with Crippen LogP contribution < -0.4 is 0 Å². The van der Waals surface area contributed by atoms with Crippen LogP contribution in [-0.2, 0) is 4.79 Å². The summed E-state index contributed by atoms with van der Waals surface area (Å²) < 4.78 is 0. The number of thioether (sulfide) groups is 1. The van der Waals surface area contributed by atoms with Gasteiger partial charge in [0.05, 0.1) is 0 Å². The monoisotopic (exact) mass is 181 g/mol. The summed E-state index contributed by atoms with van der Waals surface area (Å²) in [4.78, 5) is 15.9. The molecule has 1 aromatic heterocycles. The normalized spacial score (nSPS) is 16.7. The zero-order valence-corrected chi connectivity index (χ0v) is 7.10. The SMILES string of the molecule is O=C1C=C(Sc2ncn[nH]2)CC1. The Kier molecular flexibility index (Phi) is 1.95. The first-order valence-electron chi connectivity index (χ1n) is 3.61. The molecule has 2 rings (SSSR count). The van der Waals surface area contributed by atoms with Crippen LogP contribution in [0.15, 0.2) is 22.5 Å². The zero-order chi connectivity index (χ0) is 8.39. The van der Waals surface area contributed by atoms with Crippen molar-refractivity contribution in [3.8, 4) is 0 Å². The number of hydrogen-bond acceptors (Lipinski definition) is 4. The number of rotatable bonds is 2. The van der Waals surface area contributed by atoms with Crippen LogP contribution >= 0.6 is 11.8 Å². The molecule has 62 valence electrons. The molecule has 0 saturated carbocycles. The van der Waals surface area contributed by atoms with E-state index in [9.17, 15) is 4.79 Å². The smallest absolute Gasteiger partial charge is 0.187 e. The molecule has 1 heterocycles. The van der Waals surface area contributed by atoms with Crippen molar-refractivity contribution in [2.75, 3.05) is 0 Å². The fourth-order valence-corrected chi connectivity index (χ4v) is 1.86. The summed E-state index contributed by atoms with van der Waals surface area (Å²) in [6, 6.07) is 0. The molecule has 5 heteroatoms. The van der Waals surface area contributed by atoms with E-state index in [2.05, 4.69) is 15.2 Å². The van der Waals surface area contributed by atoms with Crippen molar-refractivity contribution in [3.63, 3.8) is 0 Å². The molecule has 1 aliphatic rings. The molecule has 12 heavy (non-hydrogen) atoms. The van der Waals surface area contributed by atoms with Crippen molar-refractivity contribution in [2.45, 2.75) is 18.0 Å². The van der Waals surface area contributed by atoms with Crippen LogP contribution in [0.5, 0.6) is 0 Å². The number of carbonyl (C=O) groups excluding carboxylic acids is 1. The Morgan fingerprint density at radius 1 is 1.50 bits per heavy atom. The van der Waals surface area contributed by atoms with Crippen LogP contribution in [0.3, 0.4) is 0 Å². The number of allylic oxidation sites excluding steroid dienone is 2. The molecule has 0 spiro atoms. The summed E-state index contributed by atoms with van der Waals surface area (Å²) in [5, 5.41) is 7.19. The molecule has 1 aromatic rings. The van der Waals surface area contributed by atoms with Crippen molar-refractivity contribution in [1.82, 2.24) is 15.2 Å². The minimum atomic E-state index is 0.206. The Labute approximate surface area is 73.5 Å². The molecule has 0 bridgehead atoms. The average Bonchev–Trinajstić information content (AvgIpc) is 2.63. The van der Waals surface area contributed by atoms with Crippen LogP contribution in [0.25, 0.3) is 0 Å². The van der Waals surface area contributed by atoms with E-state index in [4.69, 9.17) is 0 Å². The van der Waals surface area contributed by atoms with Gasteiger partial charge in [-0.15, -0.1) is 0 Å². The van der Waals surface area contributed by atoms with E-state index in [0.29, 0.717) is 6.42 Å². The molecular formula is C7H7N3OS. The third-order valence-corrected chi connectivity index (χ3v) is 2.53. The molecule has 0 fully saturated rings. The lowest BCUT2D eigenvalue weighted by Gasteiger charge is -1.93. The minimum Gasteiger partial charge on any atom is -0.295 e. The third kappa shape index (κ3) is 1.55. The number of nitrogens with zero attached hydrogens (tertiary/aromatic N) is 2. The molecule has 4 nitrogen and oxygen atoms in total. The van der Waals surface area contributed by atoms with Gasteiger partial charge in [0.1, 0.15) is 6.33 Å². The fraction of sp³-hybridized carbons (Fsp3) is 0.286. The quantitative estimate of drug-likeness (QED) is 0.743. The van der Waals surface area contributed by atoms with Gasteiger partial charge in [0.25, 0.3) is 0 Å². The molecule has 0 aromatic carbocycles. The standard InChI is InChI=1S/C7H7N3OS/c11-5-1-2-6(3-5)12-7-8-4-9-10-7/h3-4H,1-2H2,(H,8,9,10). The lowest BCUT2D eigenvalue weighted by atomic mass is 10.3. The van der Waals surface area contributed by atoms with Gasteiger partial charge >= 0.3 is 0 Å². The predicted molar refractivity (Wildman–Crippen MR) is 44.6 cm³/mol. The summed E-state index contributed by atoms with van der Waals surface area (Å²) in [5.74, 6) is 0.206. The number of ketones is 1. The Balaban J connectivity index is 2.05. The Morgan fingerprint density at radius 3 is 3.00 bits per heavy atom. The molecule has 0 radical (unpaired) electrons. The van der Waals surface area contributed by atoms with Crippen molar-refractivity contribution in [2.24, 2.45) is 0 Å². The van der Waals surface area contributed by atoms with Gasteiger partial charge in [-0.2, -0.15) is 5.10 Å². The van der Waals surface area contributed by atoms with Crippen molar-refractivity contribution in [3.05, 3.63) is 17.3 Å². The van der Waals surface area contributed by atoms with E-state index in [-0.39, 0.29) is 5.78 Å². The molecule has 0 atom stereocenters. The topological polar surface area (TPSA) is 58.6 Å². The van der Waals surface area contributed by atoms with Gasteiger partial charge in [-0.3, -0.25) is 9.89 Å². The van der Waals surface area contributed by atoms with Crippen LogP contribution in [-0.4, -0.2) is 21.0 Å². The number of aromatic nitrogens is 3. The van der Waals surface area contributed by atoms with Gasteiger partial charge in [-0.05, 0) is 17.4 Å². The maximum Gasteiger partial charge on any atom is 0.187 e. The van der Waals surface area contributed by atoms with E-state index in [1.54, 1.807) is 6.08 Å².